The van der Waals surface area contributed by atoms with Gasteiger partial charge in [0.15, 0.2) is 0 Å². The lowest BCUT2D eigenvalue weighted by Gasteiger charge is -2.56. The minimum absolute atomic E-state index is 0.135. The number of ether oxygens (including phenoxy) is 1. The first-order chi connectivity index (χ1) is 18.2. The van der Waals surface area contributed by atoms with Crippen LogP contribution in [0, 0.1) is 18.3 Å². The average molecular weight is 513 g/mol. The third-order valence-corrected chi connectivity index (χ3v) is 7.69. The first-order valence-electron chi connectivity index (χ1n) is 12.9. The highest BCUT2D eigenvalue weighted by Gasteiger charge is 2.45. The van der Waals surface area contributed by atoms with Gasteiger partial charge < -0.3 is 19.3 Å². The second kappa shape index (κ2) is 9.11. The molecule has 0 spiro atoms. The molecule has 0 saturated carbocycles. The van der Waals surface area contributed by atoms with E-state index in [0.29, 0.717) is 28.9 Å². The first-order valence-corrected chi connectivity index (χ1v) is 12.9. The molecule has 7 heterocycles. The maximum absolute atomic E-state index is 10.1. The van der Waals surface area contributed by atoms with Crippen molar-refractivity contribution in [2.45, 2.75) is 51.4 Å². The van der Waals surface area contributed by atoms with Crippen molar-refractivity contribution < 1.29 is 9.84 Å². The molecule has 0 aliphatic carbocycles. The second-order valence-electron chi connectivity index (χ2n) is 11.1. The predicted octanol–water partition coefficient (Wildman–Crippen LogP) is 2.92. The Kier molecular flexibility index (Phi) is 5.85. The molecule has 10 nitrogen and oxygen atoms in total. The van der Waals surface area contributed by atoms with Crippen LogP contribution in [0.5, 0.6) is 5.75 Å². The molecule has 38 heavy (non-hydrogen) atoms. The van der Waals surface area contributed by atoms with Crippen molar-refractivity contribution in [3.63, 3.8) is 0 Å². The predicted molar refractivity (Wildman–Crippen MR) is 143 cm³/mol. The monoisotopic (exact) mass is 512 g/mol. The maximum Gasteiger partial charge on any atom is 0.138 e. The summed E-state index contributed by atoms with van der Waals surface area (Å²) in [5.74, 6) is 1.52. The van der Waals surface area contributed by atoms with Crippen LogP contribution < -0.4 is 9.64 Å². The summed E-state index contributed by atoms with van der Waals surface area (Å²) < 4.78 is 9.58. The van der Waals surface area contributed by atoms with Crippen LogP contribution in [-0.4, -0.2) is 71.5 Å². The molecule has 4 aromatic heterocycles. The van der Waals surface area contributed by atoms with Gasteiger partial charge in [-0.15, -0.1) is 0 Å². The highest BCUT2D eigenvalue weighted by Crippen LogP contribution is 2.36. The van der Waals surface area contributed by atoms with E-state index in [1.165, 1.54) is 12.1 Å². The number of aryl methyl sites for hydroxylation is 1. The van der Waals surface area contributed by atoms with E-state index in [0.717, 1.165) is 42.3 Å². The van der Waals surface area contributed by atoms with Gasteiger partial charge in [0.25, 0.3) is 0 Å². The molecule has 196 valence electrons. The Morgan fingerprint density at radius 3 is 2.61 bits per heavy atom. The van der Waals surface area contributed by atoms with Crippen molar-refractivity contribution in [2.75, 3.05) is 24.6 Å². The number of piperidine rings is 1. The van der Waals surface area contributed by atoms with Crippen LogP contribution >= 0.6 is 0 Å². The van der Waals surface area contributed by atoms with Crippen molar-refractivity contribution >= 4 is 11.3 Å². The van der Waals surface area contributed by atoms with Crippen LogP contribution in [0.4, 0.5) is 5.82 Å². The van der Waals surface area contributed by atoms with Crippen LogP contribution in [-0.2, 0) is 13.6 Å². The summed E-state index contributed by atoms with van der Waals surface area (Å²) in [6.45, 7) is 8.44. The number of nitriles is 1. The average Bonchev–Trinajstić information content (AvgIpc) is 3.47. The number of aromatic nitrogens is 5. The Hall–Kier alpha value is -3.94. The zero-order valence-corrected chi connectivity index (χ0v) is 22.2. The topological polar surface area (TPSA) is 108 Å². The van der Waals surface area contributed by atoms with Gasteiger partial charge in [-0.1, -0.05) is 0 Å². The smallest absolute Gasteiger partial charge is 0.138 e. The number of nitrogens with zero attached hydrogens (tertiary/aromatic N) is 8. The van der Waals surface area contributed by atoms with Gasteiger partial charge in [-0.25, -0.2) is 14.5 Å². The zero-order valence-electron chi connectivity index (χ0n) is 22.2. The Labute approximate surface area is 221 Å². The van der Waals surface area contributed by atoms with E-state index in [-0.39, 0.29) is 6.61 Å². The van der Waals surface area contributed by atoms with Crippen LogP contribution in [0.25, 0.3) is 16.6 Å². The molecule has 3 saturated heterocycles. The molecular formula is C28H32N8O2. The van der Waals surface area contributed by atoms with Gasteiger partial charge in [-0.05, 0) is 45.4 Å². The Morgan fingerprint density at radius 2 is 1.97 bits per heavy atom. The van der Waals surface area contributed by atoms with Crippen molar-refractivity contribution in [1.29, 1.82) is 5.26 Å². The number of piperazine rings is 1. The second-order valence-corrected chi connectivity index (χ2v) is 11.1. The van der Waals surface area contributed by atoms with Crippen molar-refractivity contribution in [3.05, 3.63) is 60.1 Å². The number of anilines is 1. The van der Waals surface area contributed by atoms with Crippen LogP contribution in [0.2, 0.25) is 0 Å². The molecule has 10 heteroatoms. The Bertz CT molecular complexity index is 1510. The number of hydrogen-bond acceptors (Lipinski definition) is 8. The van der Waals surface area contributed by atoms with E-state index in [2.05, 4.69) is 43.5 Å². The van der Waals surface area contributed by atoms with Crippen LogP contribution in [0.1, 0.15) is 37.2 Å². The summed E-state index contributed by atoms with van der Waals surface area (Å²) in [5.41, 5.74) is 4.29. The van der Waals surface area contributed by atoms with Crippen LogP contribution in [0.3, 0.4) is 0 Å². The molecule has 3 aliphatic rings. The molecule has 2 bridgehead atoms. The molecule has 0 radical (unpaired) electrons. The molecule has 3 aliphatic heterocycles. The van der Waals surface area contributed by atoms with E-state index < -0.39 is 5.60 Å². The molecular weight excluding hydrogens is 480 g/mol. The van der Waals surface area contributed by atoms with Gasteiger partial charge in [0.05, 0.1) is 41.1 Å². The van der Waals surface area contributed by atoms with Gasteiger partial charge in [-0.2, -0.15) is 10.4 Å². The fourth-order valence-corrected chi connectivity index (χ4v) is 5.47. The summed E-state index contributed by atoms with van der Waals surface area (Å²) >= 11 is 0. The van der Waals surface area contributed by atoms with Gasteiger partial charge in [0.2, 0.25) is 0 Å². The lowest BCUT2D eigenvalue weighted by atomic mass is 9.87. The molecule has 0 amide bonds. The highest BCUT2D eigenvalue weighted by atomic mass is 16.5. The lowest BCUT2D eigenvalue weighted by molar-refractivity contribution is -0.00976. The summed E-state index contributed by atoms with van der Waals surface area (Å²) in [5, 5.41) is 24.1. The standard InChI is InChI=1S/C28H32N8O2/c1-18-25(31-17-33(18)4)15-35-21-7-22(35)13-34(12-21)26-6-5-19(10-30-26)24-8-23(38-16-28(2,3)37)14-36-27(24)20(9-29)11-32-36/h5-6,8,10-11,14,17,21-22,37H,7,12-13,15-16H2,1-4H3. The molecule has 2 unspecified atom stereocenters. The minimum atomic E-state index is -0.971. The lowest BCUT2D eigenvalue weighted by Crippen LogP contribution is -2.68. The summed E-state index contributed by atoms with van der Waals surface area (Å²) in [6, 6.07) is 9.22. The van der Waals surface area contributed by atoms with Crippen molar-refractivity contribution in [2.24, 2.45) is 7.05 Å². The van der Waals surface area contributed by atoms with E-state index in [1.807, 2.05) is 31.7 Å². The third kappa shape index (κ3) is 4.38. The third-order valence-electron chi connectivity index (χ3n) is 7.69. The Morgan fingerprint density at radius 1 is 1.18 bits per heavy atom. The summed E-state index contributed by atoms with van der Waals surface area (Å²) in [4.78, 5) is 14.3. The summed E-state index contributed by atoms with van der Waals surface area (Å²) in [7, 11) is 2.04. The van der Waals surface area contributed by atoms with E-state index in [4.69, 9.17) is 9.72 Å². The number of hydrogen-bond donors (Lipinski definition) is 1. The van der Waals surface area contributed by atoms with Crippen molar-refractivity contribution in [3.8, 4) is 22.9 Å². The summed E-state index contributed by atoms with van der Waals surface area (Å²) in [6.07, 6.45) is 8.25. The van der Waals surface area contributed by atoms with Gasteiger partial charge >= 0.3 is 0 Å². The van der Waals surface area contributed by atoms with Crippen LogP contribution in [0.15, 0.2) is 43.1 Å². The van der Waals surface area contributed by atoms with E-state index >= 15 is 0 Å². The molecule has 0 aromatic carbocycles. The Balaban J connectivity index is 1.22. The highest BCUT2D eigenvalue weighted by molar-refractivity contribution is 5.85. The number of pyridine rings is 2. The van der Waals surface area contributed by atoms with E-state index in [1.54, 1.807) is 30.8 Å². The fourth-order valence-electron chi connectivity index (χ4n) is 5.47. The zero-order chi connectivity index (χ0) is 26.6. The minimum Gasteiger partial charge on any atom is -0.489 e. The SMILES string of the molecule is Cc1c(CN2C3CC2CN(c2ccc(-c4cc(OCC(C)(C)O)cn5ncc(C#N)c45)cn2)C3)ncn1C. The van der Waals surface area contributed by atoms with Crippen molar-refractivity contribution in [1.82, 2.24) is 29.0 Å². The molecule has 3 fully saturated rings. The maximum atomic E-state index is 10.1. The quantitative estimate of drug-likeness (QED) is 0.403. The fraction of sp³-hybridized carbons (Fsp3) is 0.429. The largest absolute Gasteiger partial charge is 0.489 e. The van der Waals surface area contributed by atoms with Gasteiger partial charge in [0, 0.05) is 61.8 Å². The molecule has 2 atom stereocenters. The molecule has 4 aromatic rings. The van der Waals surface area contributed by atoms with Gasteiger partial charge in [0.1, 0.15) is 24.2 Å². The number of rotatable bonds is 7. The molecule has 7 rings (SSSR count). The number of fused-ring (bicyclic) bond motifs is 3. The molecule has 1 N–H and O–H groups in total. The number of aliphatic hydroxyl groups is 1. The number of imidazole rings is 1. The first kappa shape index (κ1) is 24.4. The van der Waals surface area contributed by atoms with E-state index in [9.17, 15) is 10.4 Å². The normalized spacial score (nSPS) is 19.4. The van der Waals surface area contributed by atoms with Gasteiger partial charge in [-0.3, -0.25) is 4.90 Å².